The van der Waals surface area contributed by atoms with Gasteiger partial charge in [-0.3, -0.25) is 9.10 Å². The van der Waals surface area contributed by atoms with Crippen molar-refractivity contribution in [3.8, 4) is 0 Å². The number of para-hydroxylation sites is 1. The maximum absolute atomic E-state index is 13.1. The highest BCUT2D eigenvalue weighted by Crippen LogP contribution is 2.24. The molecule has 0 atom stereocenters. The van der Waals surface area contributed by atoms with Gasteiger partial charge in [0.25, 0.3) is 15.9 Å². The molecule has 0 saturated carbocycles. The van der Waals surface area contributed by atoms with Crippen LogP contribution < -0.4 is 9.62 Å². The van der Waals surface area contributed by atoms with Crippen LogP contribution in [0.15, 0.2) is 72.1 Å². The number of sulfonamides is 1. The third-order valence-electron chi connectivity index (χ3n) is 4.03. The van der Waals surface area contributed by atoms with E-state index in [2.05, 4.69) is 25.7 Å². The topological polar surface area (TPSA) is 66.5 Å². The van der Waals surface area contributed by atoms with Crippen LogP contribution in [0.3, 0.4) is 0 Å². The van der Waals surface area contributed by atoms with Gasteiger partial charge in [0.2, 0.25) is 0 Å². The number of hydrogen-bond acceptors (Lipinski definition) is 3. The minimum absolute atomic E-state index is 0.0738. The fourth-order valence-electron chi connectivity index (χ4n) is 2.56. The fourth-order valence-corrected chi connectivity index (χ4v) is 4.04. The molecular formula is C21H26N2O3S. The summed E-state index contributed by atoms with van der Waals surface area (Å²) in [5.74, 6) is 0.207. The number of amides is 1. The molecule has 2 rings (SSSR count). The molecule has 1 amide bonds. The van der Waals surface area contributed by atoms with Gasteiger partial charge in [-0.25, -0.2) is 8.42 Å². The van der Waals surface area contributed by atoms with Gasteiger partial charge in [-0.2, -0.15) is 0 Å². The number of benzene rings is 2. The summed E-state index contributed by atoms with van der Waals surface area (Å²) in [5.41, 5.74) is 0.871. The summed E-state index contributed by atoms with van der Waals surface area (Å²) < 4.78 is 27.6. The normalized spacial score (nSPS) is 11.2. The Morgan fingerprint density at radius 1 is 1.15 bits per heavy atom. The van der Waals surface area contributed by atoms with E-state index >= 15 is 0 Å². The summed E-state index contributed by atoms with van der Waals surface area (Å²) >= 11 is 0. The molecule has 5 nitrogen and oxygen atoms in total. The summed E-state index contributed by atoms with van der Waals surface area (Å²) in [5, 5.41) is 2.83. The quantitative estimate of drug-likeness (QED) is 0.666. The van der Waals surface area contributed by atoms with E-state index < -0.39 is 10.0 Å². The summed E-state index contributed by atoms with van der Waals surface area (Å²) in [7, 11) is -3.82. The highest BCUT2D eigenvalue weighted by Gasteiger charge is 2.24. The van der Waals surface area contributed by atoms with Gasteiger partial charge in [0, 0.05) is 12.1 Å². The van der Waals surface area contributed by atoms with E-state index in [-0.39, 0.29) is 17.3 Å². The van der Waals surface area contributed by atoms with Crippen molar-refractivity contribution in [1.82, 2.24) is 5.32 Å². The van der Waals surface area contributed by atoms with Crippen LogP contribution in [-0.2, 0) is 10.0 Å². The number of anilines is 1. The Labute approximate surface area is 161 Å². The van der Waals surface area contributed by atoms with Gasteiger partial charge in [0.1, 0.15) is 0 Å². The molecule has 0 saturated heterocycles. The highest BCUT2D eigenvalue weighted by atomic mass is 32.2. The van der Waals surface area contributed by atoms with Crippen molar-refractivity contribution < 1.29 is 13.2 Å². The maximum atomic E-state index is 13.1. The average molecular weight is 387 g/mol. The van der Waals surface area contributed by atoms with Gasteiger partial charge < -0.3 is 5.32 Å². The first-order valence-electron chi connectivity index (χ1n) is 8.93. The lowest BCUT2D eigenvalue weighted by molar-refractivity contribution is 0.0952. The van der Waals surface area contributed by atoms with Gasteiger partial charge in [-0.1, -0.05) is 44.2 Å². The summed E-state index contributed by atoms with van der Waals surface area (Å²) in [4.78, 5) is 12.4. The number of nitrogens with zero attached hydrogens (tertiary/aromatic N) is 1. The van der Waals surface area contributed by atoms with Crippen molar-refractivity contribution in [1.29, 1.82) is 0 Å². The predicted octanol–water partition coefficient (Wildman–Crippen LogP) is 3.84. The van der Waals surface area contributed by atoms with E-state index in [0.29, 0.717) is 23.7 Å². The second kappa shape index (κ2) is 9.37. The van der Waals surface area contributed by atoms with Crippen LogP contribution >= 0.6 is 0 Å². The first-order chi connectivity index (χ1) is 12.9. The van der Waals surface area contributed by atoms with Crippen molar-refractivity contribution in [2.24, 2.45) is 5.92 Å². The second-order valence-electron chi connectivity index (χ2n) is 6.63. The number of nitrogens with one attached hydrogen (secondary N) is 1. The zero-order chi connectivity index (χ0) is 19.9. The lowest BCUT2D eigenvalue weighted by Crippen LogP contribution is -2.31. The number of carbonyl (C=O) groups excluding carboxylic acids is 1. The number of carbonyl (C=O) groups is 1. The fraction of sp³-hybridized carbons (Fsp3) is 0.286. The molecule has 0 heterocycles. The van der Waals surface area contributed by atoms with E-state index in [4.69, 9.17) is 0 Å². The van der Waals surface area contributed by atoms with Crippen molar-refractivity contribution in [3.05, 3.63) is 72.8 Å². The molecule has 0 radical (unpaired) electrons. The third-order valence-corrected chi connectivity index (χ3v) is 5.82. The molecule has 0 bridgehead atoms. The van der Waals surface area contributed by atoms with Crippen LogP contribution in [-0.4, -0.2) is 27.4 Å². The van der Waals surface area contributed by atoms with Crippen LogP contribution in [0.25, 0.3) is 0 Å². The van der Waals surface area contributed by atoms with Crippen LogP contribution in [0.2, 0.25) is 0 Å². The summed E-state index contributed by atoms with van der Waals surface area (Å²) in [6.07, 6.45) is 2.40. The Balaban J connectivity index is 2.30. The monoisotopic (exact) mass is 386 g/mol. The van der Waals surface area contributed by atoms with E-state index in [0.717, 1.165) is 6.42 Å². The molecule has 0 aliphatic heterocycles. The van der Waals surface area contributed by atoms with Gasteiger partial charge in [0.05, 0.1) is 17.1 Å². The SMILES string of the molecule is C=CCN(c1ccccc1)S(=O)(=O)c1cccc(C(=O)NCCC(C)C)c1. The molecule has 6 heteroatoms. The van der Waals surface area contributed by atoms with Crippen LogP contribution in [0.4, 0.5) is 5.69 Å². The Morgan fingerprint density at radius 3 is 2.48 bits per heavy atom. The standard InChI is InChI=1S/C21H26N2O3S/c1-4-15-23(19-10-6-5-7-11-19)27(25,26)20-12-8-9-18(16-20)21(24)22-14-13-17(2)3/h4-12,16-17H,1,13-15H2,2-3H3,(H,22,24). The molecule has 27 heavy (non-hydrogen) atoms. The number of rotatable bonds is 9. The van der Waals surface area contributed by atoms with Crippen molar-refractivity contribution >= 4 is 21.6 Å². The Morgan fingerprint density at radius 2 is 1.85 bits per heavy atom. The largest absolute Gasteiger partial charge is 0.352 e. The molecule has 1 N–H and O–H groups in total. The predicted molar refractivity (Wildman–Crippen MR) is 109 cm³/mol. The third kappa shape index (κ3) is 5.44. The zero-order valence-electron chi connectivity index (χ0n) is 15.8. The van der Waals surface area contributed by atoms with Crippen LogP contribution in [0, 0.1) is 5.92 Å². The summed E-state index contributed by atoms with van der Waals surface area (Å²) in [6.45, 7) is 8.51. The Hall–Kier alpha value is -2.60. The number of hydrogen-bond donors (Lipinski definition) is 1. The highest BCUT2D eigenvalue weighted by molar-refractivity contribution is 7.92. The molecule has 0 aromatic heterocycles. The van der Waals surface area contributed by atoms with Gasteiger partial charge in [-0.05, 0) is 42.7 Å². The molecule has 0 fully saturated rings. The lowest BCUT2D eigenvalue weighted by Gasteiger charge is -2.23. The first-order valence-corrected chi connectivity index (χ1v) is 10.4. The van der Waals surface area contributed by atoms with E-state index in [1.54, 1.807) is 36.4 Å². The first kappa shape index (κ1) is 20.7. The smallest absolute Gasteiger partial charge is 0.264 e. The molecule has 2 aromatic rings. The summed E-state index contributed by atoms with van der Waals surface area (Å²) in [6, 6.07) is 14.9. The molecule has 144 valence electrons. The maximum Gasteiger partial charge on any atom is 0.264 e. The molecule has 0 aliphatic carbocycles. The Bertz CT molecular complexity index is 877. The minimum atomic E-state index is -3.82. The Kier molecular flexibility index (Phi) is 7.19. The van der Waals surface area contributed by atoms with Crippen LogP contribution in [0.5, 0.6) is 0 Å². The zero-order valence-corrected chi connectivity index (χ0v) is 16.6. The minimum Gasteiger partial charge on any atom is -0.352 e. The van der Waals surface area contributed by atoms with Gasteiger partial charge >= 0.3 is 0 Å². The van der Waals surface area contributed by atoms with Gasteiger partial charge in [-0.15, -0.1) is 6.58 Å². The van der Waals surface area contributed by atoms with E-state index in [9.17, 15) is 13.2 Å². The van der Waals surface area contributed by atoms with E-state index in [1.165, 1.54) is 22.5 Å². The van der Waals surface area contributed by atoms with E-state index in [1.807, 2.05) is 6.07 Å². The lowest BCUT2D eigenvalue weighted by atomic mass is 10.1. The average Bonchev–Trinajstić information content (AvgIpc) is 2.66. The molecule has 0 unspecified atom stereocenters. The molecular weight excluding hydrogens is 360 g/mol. The molecule has 0 spiro atoms. The van der Waals surface area contributed by atoms with Crippen molar-refractivity contribution in [2.75, 3.05) is 17.4 Å². The van der Waals surface area contributed by atoms with Crippen molar-refractivity contribution in [2.45, 2.75) is 25.2 Å². The van der Waals surface area contributed by atoms with Crippen molar-refractivity contribution in [3.63, 3.8) is 0 Å². The van der Waals surface area contributed by atoms with Crippen LogP contribution in [0.1, 0.15) is 30.6 Å². The second-order valence-corrected chi connectivity index (χ2v) is 8.49. The molecule has 0 aliphatic rings. The molecule has 2 aromatic carbocycles. The van der Waals surface area contributed by atoms with Gasteiger partial charge in [0.15, 0.2) is 0 Å².